The first-order valence-corrected chi connectivity index (χ1v) is 3.65. The van der Waals surface area contributed by atoms with E-state index >= 15 is 0 Å². The highest BCUT2D eigenvalue weighted by atomic mass is 16.6. The Hall–Kier alpha value is -0.890. The van der Waals surface area contributed by atoms with Gasteiger partial charge in [0.25, 0.3) is 5.90 Å². The number of aliphatic hydroxyl groups excluding tert-OH is 4. The lowest BCUT2D eigenvalue weighted by atomic mass is 10.00. The molecule has 0 bridgehead atoms. The van der Waals surface area contributed by atoms with Gasteiger partial charge >= 0.3 is 0 Å². The summed E-state index contributed by atoms with van der Waals surface area (Å²) in [5, 5.41) is 47.0. The molecule has 1 fully saturated rings. The zero-order valence-corrected chi connectivity index (χ0v) is 6.61. The van der Waals surface area contributed by atoms with Gasteiger partial charge in [-0.1, -0.05) is 5.16 Å². The van der Waals surface area contributed by atoms with Gasteiger partial charge in [0.1, 0.15) is 12.2 Å². The molecule has 0 spiro atoms. The second-order valence-corrected chi connectivity index (χ2v) is 2.70. The largest absolute Gasteiger partial charge is 0.468 e. The van der Waals surface area contributed by atoms with E-state index in [0.717, 1.165) is 0 Å². The molecule has 0 radical (unpaired) electrons. The molecule has 0 aromatic carbocycles. The minimum atomic E-state index is -1.58. The molecule has 4 atom stereocenters. The summed E-state index contributed by atoms with van der Waals surface area (Å²) in [5.41, 5.74) is 0. The summed E-state index contributed by atoms with van der Waals surface area (Å²) in [7, 11) is 0. The van der Waals surface area contributed by atoms with Crippen LogP contribution in [0, 0.1) is 0 Å². The Kier molecular flexibility index (Phi) is 3.04. The van der Waals surface area contributed by atoms with Crippen LogP contribution in [0.3, 0.4) is 0 Å². The lowest BCUT2D eigenvalue weighted by molar-refractivity contribution is -0.130. The van der Waals surface area contributed by atoms with Crippen LogP contribution in [0.2, 0.25) is 0 Å². The van der Waals surface area contributed by atoms with Gasteiger partial charge in [-0.05, 0) is 0 Å². The molecule has 0 saturated carbocycles. The lowest BCUT2D eigenvalue weighted by Gasteiger charge is -2.34. The van der Waals surface area contributed by atoms with E-state index in [-0.39, 0.29) is 0 Å². The van der Waals surface area contributed by atoms with Crippen molar-refractivity contribution in [3.63, 3.8) is 0 Å². The number of oxime groups is 1. The highest BCUT2D eigenvalue weighted by molar-refractivity contribution is 5.81. The van der Waals surface area contributed by atoms with Crippen LogP contribution in [0.4, 0.5) is 0 Å². The average molecular weight is 193 g/mol. The molecule has 1 aliphatic heterocycles. The molecule has 1 heterocycles. The van der Waals surface area contributed by atoms with E-state index in [1.165, 1.54) is 0 Å². The fourth-order valence-electron chi connectivity index (χ4n) is 1.08. The maximum atomic E-state index is 9.19. The SMILES string of the molecule is OC[C@H]1O/C(=N/O)[C@H](O)[C@@H](O)[C@@H]1O. The van der Waals surface area contributed by atoms with Gasteiger partial charge in [-0.25, -0.2) is 0 Å². The maximum absolute atomic E-state index is 9.19. The van der Waals surface area contributed by atoms with Gasteiger partial charge in [-0.2, -0.15) is 0 Å². The van der Waals surface area contributed by atoms with E-state index in [2.05, 4.69) is 9.89 Å². The summed E-state index contributed by atoms with van der Waals surface area (Å²) >= 11 is 0. The molecule has 1 rings (SSSR count). The van der Waals surface area contributed by atoms with Crippen LogP contribution >= 0.6 is 0 Å². The molecule has 13 heavy (non-hydrogen) atoms. The fraction of sp³-hybridized carbons (Fsp3) is 0.833. The minimum absolute atomic E-state index is 0.517. The van der Waals surface area contributed by atoms with Crippen LogP contribution in [0.15, 0.2) is 5.16 Å². The maximum Gasteiger partial charge on any atom is 0.257 e. The first-order chi connectivity index (χ1) is 6.11. The molecular weight excluding hydrogens is 182 g/mol. The van der Waals surface area contributed by atoms with Crippen LogP contribution < -0.4 is 0 Å². The molecule has 7 nitrogen and oxygen atoms in total. The molecule has 0 aromatic rings. The Bertz CT molecular complexity index is 205. The minimum Gasteiger partial charge on any atom is -0.468 e. The van der Waals surface area contributed by atoms with Gasteiger partial charge in [0, 0.05) is 0 Å². The number of rotatable bonds is 1. The fourth-order valence-corrected chi connectivity index (χ4v) is 1.08. The number of aliphatic hydroxyl groups is 4. The molecular formula is C6H11NO6. The second kappa shape index (κ2) is 3.88. The van der Waals surface area contributed by atoms with E-state index in [1.54, 1.807) is 0 Å². The van der Waals surface area contributed by atoms with Gasteiger partial charge in [0.05, 0.1) is 6.61 Å². The predicted molar refractivity (Wildman–Crippen MR) is 39.2 cm³/mol. The number of hydrogen-bond donors (Lipinski definition) is 5. The standard InChI is InChI=1S/C6H11NO6/c8-1-2-3(9)4(10)5(11)6(7-12)13-2/h2-5,8-12H,1H2/b7-6+/t2-,3-,4+,5-/m1/s1. The van der Waals surface area contributed by atoms with Crippen LogP contribution in [-0.4, -0.2) is 62.6 Å². The molecule has 0 aliphatic carbocycles. The summed E-state index contributed by atoms with van der Waals surface area (Å²) in [6, 6.07) is 0. The smallest absolute Gasteiger partial charge is 0.257 e. The van der Waals surface area contributed by atoms with E-state index in [1.807, 2.05) is 0 Å². The number of nitrogens with zero attached hydrogens (tertiary/aromatic N) is 1. The summed E-state index contributed by atoms with van der Waals surface area (Å²) in [5.74, 6) is -0.517. The first kappa shape index (κ1) is 10.2. The molecule has 0 amide bonds. The summed E-state index contributed by atoms with van der Waals surface area (Å²) in [6.45, 7) is -0.552. The lowest BCUT2D eigenvalue weighted by Crippen LogP contribution is -2.56. The van der Waals surface area contributed by atoms with Crippen molar-refractivity contribution in [3.8, 4) is 0 Å². The topological polar surface area (TPSA) is 123 Å². The Morgan fingerprint density at radius 1 is 1.23 bits per heavy atom. The van der Waals surface area contributed by atoms with Crippen LogP contribution in [0.1, 0.15) is 0 Å². The van der Waals surface area contributed by atoms with Crippen molar-refractivity contribution in [1.29, 1.82) is 0 Å². The molecule has 76 valence electrons. The summed E-state index contributed by atoms with van der Waals surface area (Å²) < 4.78 is 4.67. The average Bonchev–Trinajstić information content (AvgIpc) is 2.15. The van der Waals surface area contributed by atoms with Crippen molar-refractivity contribution in [2.75, 3.05) is 6.61 Å². The zero-order valence-electron chi connectivity index (χ0n) is 6.61. The van der Waals surface area contributed by atoms with E-state index < -0.39 is 36.9 Å². The number of hydrogen-bond acceptors (Lipinski definition) is 7. The normalized spacial score (nSPS) is 43.2. The summed E-state index contributed by atoms with van der Waals surface area (Å²) in [6.07, 6.45) is -5.62. The highest BCUT2D eigenvalue weighted by Crippen LogP contribution is 2.17. The Morgan fingerprint density at radius 2 is 1.85 bits per heavy atom. The third-order valence-corrected chi connectivity index (χ3v) is 1.86. The molecule has 5 N–H and O–H groups in total. The van der Waals surface area contributed by atoms with E-state index in [9.17, 15) is 5.11 Å². The first-order valence-electron chi connectivity index (χ1n) is 3.65. The van der Waals surface area contributed by atoms with E-state index in [4.69, 9.17) is 20.5 Å². The molecule has 1 aliphatic rings. The highest BCUT2D eigenvalue weighted by Gasteiger charge is 2.42. The Balaban J connectivity index is 2.78. The summed E-state index contributed by atoms with van der Waals surface area (Å²) in [4.78, 5) is 0. The molecule has 0 aromatic heterocycles. The van der Waals surface area contributed by atoms with Crippen molar-refractivity contribution >= 4 is 5.90 Å². The van der Waals surface area contributed by atoms with Crippen molar-refractivity contribution in [3.05, 3.63) is 0 Å². The third kappa shape index (κ3) is 1.73. The Morgan fingerprint density at radius 3 is 2.31 bits per heavy atom. The van der Waals surface area contributed by atoms with Gasteiger partial charge < -0.3 is 30.4 Å². The van der Waals surface area contributed by atoms with Gasteiger partial charge in [-0.3, -0.25) is 0 Å². The van der Waals surface area contributed by atoms with Gasteiger partial charge in [-0.15, -0.1) is 0 Å². The zero-order chi connectivity index (χ0) is 10.0. The third-order valence-electron chi connectivity index (χ3n) is 1.86. The predicted octanol–water partition coefficient (Wildman–Crippen LogP) is -2.75. The van der Waals surface area contributed by atoms with Crippen molar-refractivity contribution in [1.82, 2.24) is 0 Å². The second-order valence-electron chi connectivity index (χ2n) is 2.70. The van der Waals surface area contributed by atoms with Crippen LogP contribution in [0.5, 0.6) is 0 Å². The van der Waals surface area contributed by atoms with Crippen LogP contribution in [-0.2, 0) is 4.74 Å². The molecule has 0 unspecified atom stereocenters. The molecule has 7 heteroatoms. The monoisotopic (exact) mass is 193 g/mol. The van der Waals surface area contributed by atoms with Gasteiger partial charge in [0.2, 0.25) is 0 Å². The number of ether oxygens (including phenoxy) is 1. The van der Waals surface area contributed by atoms with Gasteiger partial charge in [0.15, 0.2) is 12.2 Å². The van der Waals surface area contributed by atoms with Crippen molar-refractivity contribution in [2.24, 2.45) is 5.16 Å². The van der Waals surface area contributed by atoms with Crippen LogP contribution in [0.25, 0.3) is 0 Å². The molecule has 1 saturated heterocycles. The van der Waals surface area contributed by atoms with Crippen molar-refractivity contribution < 1.29 is 30.4 Å². The van der Waals surface area contributed by atoms with Crippen molar-refractivity contribution in [2.45, 2.75) is 24.4 Å². The Labute approximate surface area is 73.5 Å². The van der Waals surface area contributed by atoms with E-state index in [0.29, 0.717) is 0 Å². The quantitative estimate of drug-likeness (QED) is 0.227.